The number of nitrogens with one attached hydrogen (secondary N) is 1. The molecule has 2 aromatic rings. The van der Waals surface area contributed by atoms with Crippen LogP contribution in [0, 0.1) is 0 Å². The second-order valence-corrected chi connectivity index (χ2v) is 4.86. The van der Waals surface area contributed by atoms with Crippen LogP contribution in [0.25, 0.3) is 0 Å². The van der Waals surface area contributed by atoms with Gasteiger partial charge in [-0.15, -0.1) is 0 Å². The third-order valence-electron chi connectivity index (χ3n) is 2.57. The van der Waals surface area contributed by atoms with E-state index in [0.29, 0.717) is 16.9 Å². The zero-order chi connectivity index (χ0) is 13.1. The SMILES string of the molecule is Nc1ccc(C(O)Nc2ccc(Br)cc2)cc1N. The van der Waals surface area contributed by atoms with Crippen LogP contribution in [-0.4, -0.2) is 5.11 Å². The van der Waals surface area contributed by atoms with E-state index in [4.69, 9.17) is 11.5 Å². The molecule has 0 bridgehead atoms. The van der Waals surface area contributed by atoms with Crippen molar-refractivity contribution in [1.82, 2.24) is 0 Å². The molecule has 0 spiro atoms. The Labute approximate surface area is 114 Å². The summed E-state index contributed by atoms with van der Waals surface area (Å²) >= 11 is 3.35. The van der Waals surface area contributed by atoms with Crippen LogP contribution in [-0.2, 0) is 0 Å². The fraction of sp³-hybridized carbons (Fsp3) is 0.0769. The first kappa shape index (κ1) is 12.7. The van der Waals surface area contributed by atoms with Gasteiger partial charge in [-0.25, -0.2) is 0 Å². The molecule has 6 N–H and O–H groups in total. The van der Waals surface area contributed by atoms with Crippen LogP contribution in [0.4, 0.5) is 17.1 Å². The van der Waals surface area contributed by atoms with Gasteiger partial charge in [0.15, 0.2) is 6.23 Å². The lowest BCUT2D eigenvalue weighted by Crippen LogP contribution is -2.10. The lowest BCUT2D eigenvalue weighted by molar-refractivity contribution is 0.208. The smallest absolute Gasteiger partial charge is 0.150 e. The molecule has 94 valence electrons. The highest BCUT2D eigenvalue weighted by Crippen LogP contribution is 2.23. The fourth-order valence-corrected chi connectivity index (χ4v) is 1.81. The molecule has 0 fully saturated rings. The number of aliphatic hydroxyl groups is 1. The van der Waals surface area contributed by atoms with Crippen molar-refractivity contribution in [2.24, 2.45) is 0 Å². The minimum Gasteiger partial charge on any atom is -0.397 e. The molecule has 2 rings (SSSR count). The van der Waals surface area contributed by atoms with E-state index in [0.717, 1.165) is 10.2 Å². The van der Waals surface area contributed by atoms with E-state index < -0.39 is 6.23 Å². The molecule has 1 atom stereocenters. The Hall–Kier alpha value is -1.72. The lowest BCUT2D eigenvalue weighted by Gasteiger charge is -2.15. The van der Waals surface area contributed by atoms with Crippen LogP contribution >= 0.6 is 15.9 Å². The summed E-state index contributed by atoms with van der Waals surface area (Å²) in [6.07, 6.45) is -0.825. The monoisotopic (exact) mass is 307 g/mol. The van der Waals surface area contributed by atoms with Gasteiger partial charge in [0, 0.05) is 15.7 Å². The Morgan fingerprint density at radius 1 is 1.00 bits per heavy atom. The van der Waals surface area contributed by atoms with E-state index >= 15 is 0 Å². The lowest BCUT2D eigenvalue weighted by atomic mass is 10.1. The third kappa shape index (κ3) is 2.94. The Morgan fingerprint density at radius 2 is 1.67 bits per heavy atom. The first-order chi connectivity index (χ1) is 8.56. The number of nitrogen functional groups attached to an aromatic ring is 2. The highest BCUT2D eigenvalue weighted by molar-refractivity contribution is 9.10. The zero-order valence-corrected chi connectivity index (χ0v) is 11.2. The van der Waals surface area contributed by atoms with E-state index in [-0.39, 0.29) is 0 Å². The summed E-state index contributed by atoms with van der Waals surface area (Å²) in [6, 6.07) is 12.6. The Balaban J connectivity index is 2.13. The van der Waals surface area contributed by atoms with Gasteiger partial charge < -0.3 is 21.9 Å². The van der Waals surface area contributed by atoms with E-state index in [1.165, 1.54) is 0 Å². The van der Waals surface area contributed by atoms with E-state index in [1.54, 1.807) is 18.2 Å². The van der Waals surface area contributed by atoms with E-state index in [1.807, 2.05) is 24.3 Å². The molecule has 0 aromatic heterocycles. The third-order valence-corrected chi connectivity index (χ3v) is 3.10. The minimum absolute atomic E-state index is 0.462. The molecular weight excluding hydrogens is 294 g/mol. The maximum atomic E-state index is 10.0. The number of benzene rings is 2. The van der Waals surface area contributed by atoms with Gasteiger partial charge in [-0.1, -0.05) is 22.0 Å². The average molecular weight is 308 g/mol. The molecule has 0 saturated heterocycles. The molecule has 0 radical (unpaired) electrons. The molecule has 18 heavy (non-hydrogen) atoms. The maximum absolute atomic E-state index is 10.0. The minimum atomic E-state index is -0.825. The quantitative estimate of drug-likeness (QED) is 0.519. The van der Waals surface area contributed by atoms with Crippen LogP contribution in [0.1, 0.15) is 11.8 Å². The van der Waals surface area contributed by atoms with Gasteiger partial charge >= 0.3 is 0 Å². The highest BCUT2D eigenvalue weighted by atomic mass is 79.9. The first-order valence-electron chi connectivity index (χ1n) is 5.41. The van der Waals surface area contributed by atoms with Gasteiger partial charge in [0.25, 0.3) is 0 Å². The molecular formula is C13H14BrN3O. The van der Waals surface area contributed by atoms with Crippen LogP contribution in [0.2, 0.25) is 0 Å². The van der Waals surface area contributed by atoms with Gasteiger partial charge in [-0.05, 0) is 36.4 Å². The summed E-state index contributed by atoms with van der Waals surface area (Å²) in [5.74, 6) is 0. The largest absolute Gasteiger partial charge is 0.397 e. The van der Waals surface area contributed by atoms with Gasteiger partial charge in [0.2, 0.25) is 0 Å². The number of hydrogen-bond donors (Lipinski definition) is 4. The molecule has 1 unspecified atom stereocenters. The Morgan fingerprint density at radius 3 is 2.28 bits per heavy atom. The number of nitrogens with two attached hydrogens (primary N) is 2. The van der Waals surface area contributed by atoms with Gasteiger partial charge in [0.1, 0.15) is 0 Å². The van der Waals surface area contributed by atoms with Crippen molar-refractivity contribution in [2.75, 3.05) is 16.8 Å². The van der Waals surface area contributed by atoms with Gasteiger partial charge in [-0.3, -0.25) is 0 Å². The molecule has 0 aliphatic rings. The number of rotatable bonds is 3. The van der Waals surface area contributed by atoms with Gasteiger partial charge in [-0.2, -0.15) is 0 Å². The molecule has 0 saturated carbocycles. The van der Waals surface area contributed by atoms with Crippen molar-refractivity contribution in [3.63, 3.8) is 0 Å². The average Bonchev–Trinajstić information content (AvgIpc) is 2.35. The fourth-order valence-electron chi connectivity index (χ4n) is 1.55. The number of anilines is 3. The highest BCUT2D eigenvalue weighted by Gasteiger charge is 2.08. The van der Waals surface area contributed by atoms with Gasteiger partial charge in [0.05, 0.1) is 11.4 Å². The van der Waals surface area contributed by atoms with E-state index in [9.17, 15) is 5.11 Å². The topological polar surface area (TPSA) is 84.3 Å². The first-order valence-corrected chi connectivity index (χ1v) is 6.20. The summed E-state index contributed by atoms with van der Waals surface area (Å²) < 4.78 is 0.985. The molecule has 4 nitrogen and oxygen atoms in total. The van der Waals surface area contributed by atoms with Crippen LogP contribution in [0.15, 0.2) is 46.9 Å². The van der Waals surface area contributed by atoms with Crippen molar-refractivity contribution in [1.29, 1.82) is 0 Å². The Bertz CT molecular complexity index is 542. The maximum Gasteiger partial charge on any atom is 0.150 e. The predicted molar refractivity (Wildman–Crippen MR) is 78.0 cm³/mol. The van der Waals surface area contributed by atoms with Crippen molar-refractivity contribution in [3.8, 4) is 0 Å². The molecule has 5 heteroatoms. The number of aliphatic hydroxyl groups excluding tert-OH is 1. The number of hydrogen-bond acceptors (Lipinski definition) is 4. The molecule has 0 amide bonds. The molecule has 2 aromatic carbocycles. The van der Waals surface area contributed by atoms with Crippen LogP contribution in [0.5, 0.6) is 0 Å². The predicted octanol–water partition coefficient (Wildman–Crippen LogP) is 2.72. The molecule has 0 heterocycles. The second kappa shape index (κ2) is 5.29. The summed E-state index contributed by atoms with van der Waals surface area (Å²) in [4.78, 5) is 0. The normalized spacial score (nSPS) is 12.1. The standard InChI is InChI=1S/C13H14BrN3O/c14-9-2-4-10(5-3-9)17-13(18)8-1-6-11(15)12(16)7-8/h1-7,13,17-18H,15-16H2. The summed E-state index contributed by atoms with van der Waals surface area (Å²) in [5, 5.41) is 13.0. The van der Waals surface area contributed by atoms with Crippen molar-refractivity contribution < 1.29 is 5.11 Å². The van der Waals surface area contributed by atoms with Crippen LogP contribution < -0.4 is 16.8 Å². The summed E-state index contributed by atoms with van der Waals surface area (Å²) in [5.41, 5.74) is 13.8. The van der Waals surface area contributed by atoms with Crippen molar-refractivity contribution >= 4 is 33.0 Å². The van der Waals surface area contributed by atoms with E-state index in [2.05, 4.69) is 21.2 Å². The van der Waals surface area contributed by atoms with Crippen LogP contribution in [0.3, 0.4) is 0 Å². The summed E-state index contributed by atoms with van der Waals surface area (Å²) in [6.45, 7) is 0. The molecule has 0 aliphatic carbocycles. The second-order valence-electron chi connectivity index (χ2n) is 3.94. The van der Waals surface area contributed by atoms with Crippen molar-refractivity contribution in [3.05, 3.63) is 52.5 Å². The number of halogens is 1. The summed E-state index contributed by atoms with van der Waals surface area (Å²) in [7, 11) is 0. The zero-order valence-electron chi connectivity index (χ0n) is 9.60. The Kier molecular flexibility index (Phi) is 3.74. The molecule has 0 aliphatic heterocycles. The van der Waals surface area contributed by atoms with Crippen molar-refractivity contribution in [2.45, 2.75) is 6.23 Å².